The molecule has 3 unspecified atom stereocenters. The second-order valence-corrected chi connectivity index (χ2v) is 23.8. The Bertz CT molecular complexity index is 1620. The summed E-state index contributed by atoms with van der Waals surface area (Å²) in [5.74, 6) is -0.191. The Labute approximate surface area is 476 Å². The monoisotopic (exact) mass is 1090 g/mol. The summed E-state index contributed by atoms with van der Waals surface area (Å²) in [7, 11) is 1.54. The maximum Gasteiger partial charge on any atom is 0.472 e. The first kappa shape index (κ1) is 74.2. The van der Waals surface area contributed by atoms with E-state index < -0.39 is 20.0 Å². The van der Waals surface area contributed by atoms with Crippen LogP contribution < -0.4 is 5.32 Å². The molecule has 3 atom stereocenters. The molecule has 1 amide bonds. The van der Waals surface area contributed by atoms with Gasteiger partial charge in [0.05, 0.1) is 39.9 Å². The zero-order valence-electron chi connectivity index (χ0n) is 50.7. The molecule has 0 spiro atoms. The summed E-state index contributed by atoms with van der Waals surface area (Å²) >= 11 is 0. The summed E-state index contributed by atoms with van der Waals surface area (Å²) in [5.41, 5.74) is 0. The molecule has 0 aliphatic rings. The van der Waals surface area contributed by atoms with Crippen molar-refractivity contribution in [3.8, 4) is 0 Å². The van der Waals surface area contributed by atoms with E-state index in [0.29, 0.717) is 17.4 Å². The lowest BCUT2D eigenvalue weighted by Crippen LogP contribution is -2.45. The smallest absolute Gasteiger partial charge is 0.387 e. The first-order valence-electron chi connectivity index (χ1n) is 31.8. The molecule has 444 valence electrons. The fourth-order valence-electron chi connectivity index (χ4n) is 8.78. The minimum absolute atomic E-state index is 0.0509. The Kier molecular flexibility index (Phi) is 55.7. The highest BCUT2D eigenvalue weighted by atomic mass is 31.2. The van der Waals surface area contributed by atoms with Crippen LogP contribution in [-0.2, 0) is 18.4 Å². The Morgan fingerprint density at radius 3 is 1.19 bits per heavy atom. The summed E-state index contributed by atoms with van der Waals surface area (Å²) in [4.78, 5) is 23.3. The Hall–Kier alpha value is -2.84. The Morgan fingerprint density at radius 1 is 0.455 bits per heavy atom. The number of phosphoric ester groups is 1. The van der Waals surface area contributed by atoms with E-state index in [-0.39, 0.29) is 19.1 Å². The molecular weight excluding hydrogens is 972 g/mol. The highest BCUT2D eigenvalue weighted by molar-refractivity contribution is 7.47. The molecule has 0 saturated heterocycles. The number of nitrogens with one attached hydrogen (secondary N) is 1. The number of hydrogen-bond acceptors (Lipinski definition) is 5. The Morgan fingerprint density at radius 2 is 0.792 bits per heavy atom. The molecule has 0 aliphatic carbocycles. The first-order valence-corrected chi connectivity index (χ1v) is 33.3. The molecular formula is C68H122N2O6P+. The van der Waals surface area contributed by atoms with Crippen LogP contribution in [-0.4, -0.2) is 73.4 Å². The van der Waals surface area contributed by atoms with E-state index in [2.05, 4.69) is 116 Å². The third-order valence-corrected chi connectivity index (χ3v) is 14.7. The topological polar surface area (TPSA) is 105 Å². The third kappa shape index (κ3) is 60.6. The molecule has 0 aromatic carbocycles. The van der Waals surface area contributed by atoms with Crippen molar-refractivity contribution in [3.05, 3.63) is 109 Å². The average Bonchev–Trinajstić information content (AvgIpc) is 3.39. The van der Waals surface area contributed by atoms with E-state index in [1.165, 1.54) is 161 Å². The average molecular weight is 1090 g/mol. The maximum absolute atomic E-state index is 13.0. The molecule has 0 radical (unpaired) electrons. The number of nitrogens with zero attached hydrogens (tertiary/aromatic N) is 1. The van der Waals surface area contributed by atoms with Crippen molar-refractivity contribution in [3.63, 3.8) is 0 Å². The number of amides is 1. The van der Waals surface area contributed by atoms with Crippen molar-refractivity contribution in [1.29, 1.82) is 0 Å². The van der Waals surface area contributed by atoms with Gasteiger partial charge in [-0.1, -0.05) is 271 Å². The third-order valence-electron chi connectivity index (χ3n) is 13.7. The van der Waals surface area contributed by atoms with E-state index in [4.69, 9.17) is 9.05 Å². The van der Waals surface area contributed by atoms with Crippen LogP contribution in [0.2, 0.25) is 0 Å². The molecule has 0 aliphatic heterocycles. The normalized spacial score (nSPS) is 14.5. The standard InChI is InChI=1S/C68H121N2O6P/c1-6-8-10-12-14-16-18-20-22-24-25-26-27-28-29-30-31-32-33-34-35-36-37-38-39-40-41-42-43-44-45-46-48-50-52-54-56-58-60-62-68(72)69-66(65-76-77(73,74)75-64-63-70(3,4)5)67(71)61-59-57-55-53-51-49-47-23-21-19-17-15-13-11-9-7-2/h8,10,14,16,20-23,25-26,28-29,31-32,51,53,59,61,66-67,71H,6-7,9,11-13,15,17-19,24,27,30,33-50,52,54-58,60,62-65H2,1-5H3,(H-,69,72,73,74)/p+1/b10-8-,16-14-,22-20-,23-21+,26-25-,29-28-,32-31-,53-51+,61-59+. The van der Waals surface area contributed by atoms with E-state index in [1.807, 2.05) is 27.2 Å². The molecule has 0 bridgehead atoms. The number of aliphatic hydroxyl groups excluding tert-OH is 1. The number of rotatable bonds is 57. The van der Waals surface area contributed by atoms with Gasteiger partial charge in [0.25, 0.3) is 0 Å². The van der Waals surface area contributed by atoms with Crippen molar-refractivity contribution in [2.75, 3.05) is 40.9 Å². The van der Waals surface area contributed by atoms with Crippen LogP contribution in [0.5, 0.6) is 0 Å². The van der Waals surface area contributed by atoms with Crippen molar-refractivity contribution in [2.24, 2.45) is 0 Å². The number of phosphoric acid groups is 1. The second kappa shape index (κ2) is 57.8. The quantitative estimate of drug-likeness (QED) is 0.0243. The van der Waals surface area contributed by atoms with Gasteiger partial charge in [0.15, 0.2) is 0 Å². The van der Waals surface area contributed by atoms with Crippen LogP contribution in [0.3, 0.4) is 0 Å². The zero-order chi connectivity index (χ0) is 56.3. The number of quaternary nitrogens is 1. The molecule has 77 heavy (non-hydrogen) atoms. The zero-order valence-corrected chi connectivity index (χ0v) is 51.6. The highest BCUT2D eigenvalue weighted by Crippen LogP contribution is 2.43. The number of carbonyl (C=O) groups excluding carboxylic acids is 1. The molecule has 0 aromatic heterocycles. The fourth-order valence-corrected chi connectivity index (χ4v) is 9.52. The molecule has 0 heterocycles. The van der Waals surface area contributed by atoms with Gasteiger partial charge in [0, 0.05) is 6.42 Å². The van der Waals surface area contributed by atoms with Crippen LogP contribution >= 0.6 is 7.82 Å². The SMILES string of the molecule is CC/C=C\C/C=C\C/C=C\C/C=C\C/C=C\C/C=C\CCCCCCCCCCCCCCCCCCCCCCC(=O)NC(COP(=O)(O)OCC[N+](C)(C)C)C(O)/C=C/CC/C=C/CC/C=C/CCCCCCCC. The van der Waals surface area contributed by atoms with Crippen molar-refractivity contribution in [1.82, 2.24) is 5.32 Å². The predicted octanol–water partition coefficient (Wildman–Crippen LogP) is 19.9. The Balaban J connectivity index is 4.02. The summed E-state index contributed by atoms with van der Waals surface area (Å²) < 4.78 is 23.7. The van der Waals surface area contributed by atoms with E-state index in [1.54, 1.807) is 6.08 Å². The first-order chi connectivity index (χ1) is 37.5. The van der Waals surface area contributed by atoms with Gasteiger partial charge in [-0.05, 0) is 96.3 Å². The van der Waals surface area contributed by atoms with Crippen molar-refractivity contribution in [2.45, 2.75) is 276 Å². The van der Waals surface area contributed by atoms with E-state index in [9.17, 15) is 19.4 Å². The minimum Gasteiger partial charge on any atom is -0.387 e. The highest BCUT2D eigenvalue weighted by Gasteiger charge is 2.27. The lowest BCUT2D eigenvalue weighted by atomic mass is 10.0. The van der Waals surface area contributed by atoms with Gasteiger partial charge in [-0.2, -0.15) is 0 Å². The summed E-state index contributed by atoms with van der Waals surface area (Å²) in [6.07, 6.45) is 85.1. The van der Waals surface area contributed by atoms with Gasteiger partial charge in [-0.3, -0.25) is 13.8 Å². The number of aliphatic hydroxyl groups is 1. The van der Waals surface area contributed by atoms with Gasteiger partial charge in [-0.15, -0.1) is 0 Å². The van der Waals surface area contributed by atoms with Gasteiger partial charge >= 0.3 is 7.82 Å². The molecule has 9 heteroatoms. The van der Waals surface area contributed by atoms with Gasteiger partial charge in [-0.25, -0.2) is 4.57 Å². The van der Waals surface area contributed by atoms with Gasteiger partial charge in [0.2, 0.25) is 5.91 Å². The molecule has 8 nitrogen and oxygen atoms in total. The maximum atomic E-state index is 13.0. The van der Waals surface area contributed by atoms with Gasteiger partial charge in [0.1, 0.15) is 13.2 Å². The lowest BCUT2D eigenvalue weighted by molar-refractivity contribution is -0.870. The van der Waals surface area contributed by atoms with Crippen molar-refractivity contribution < 1.29 is 32.9 Å². The number of hydrogen-bond donors (Lipinski definition) is 3. The van der Waals surface area contributed by atoms with Crippen LogP contribution in [0.15, 0.2) is 109 Å². The van der Waals surface area contributed by atoms with E-state index in [0.717, 1.165) is 83.5 Å². The van der Waals surface area contributed by atoms with E-state index >= 15 is 0 Å². The number of carbonyl (C=O) groups is 1. The lowest BCUT2D eigenvalue weighted by Gasteiger charge is -2.25. The fraction of sp³-hybridized carbons (Fsp3) is 0.721. The molecule has 0 rings (SSSR count). The van der Waals surface area contributed by atoms with Crippen LogP contribution in [0.4, 0.5) is 0 Å². The second-order valence-electron chi connectivity index (χ2n) is 22.4. The summed E-state index contributed by atoms with van der Waals surface area (Å²) in [5, 5.41) is 13.9. The molecule has 0 aromatic rings. The van der Waals surface area contributed by atoms with Crippen LogP contribution in [0, 0.1) is 0 Å². The van der Waals surface area contributed by atoms with Crippen LogP contribution in [0.1, 0.15) is 264 Å². The molecule has 0 fully saturated rings. The predicted molar refractivity (Wildman–Crippen MR) is 336 cm³/mol. The molecule has 3 N–H and O–H groups in total. The number of unbranched alkanes of at least 4 members (excludes halogenated alkanes) is 28. The van der Waals surface area contributed by atoms with Gasteiger partial charge < -0.3 is 19.8 Å². The van der Waals surface area contributed by atoms with Crippen LogP contribution in [0.25, 0.3) is 0 Å². The largest absolute Gasteiger partial charge is 0.472 e. The minimum atomic E-state index is -4.36. The summed E-state index contributed by atoms with van der Waals surface area (Å²) in [6.45, 7) is 4.67. The van der Waals surface area contributed by atoms with Crippen molar-refractivity contribution >= 4 is 13.7 Å². The number of likely N-dealkylation sites (N-methyl/N-ethyl adjacent to an activating group) is 1. The summed E-state index contributed by atoms with van der Waals surface area (Å²) in [6, 6.07) is -0.874. The number of allylic oxidation sites excluding steroid dienone is 17. The molecule has 0 saturated carbocycles.